The number of anilines is 1. The van der Waals surface area contributed by atoms with Gasteiger partial charge in [0.15, 0.2) is 0 Å². The largest absolute Gasteiger partial charge is 0.450 e. The van der Waals surface area contributed by atoms with Crippen molar-refractivity contribution in [2.24, 2.45) is 0 Å². The second-order valence-corrected chi connectivity index (χ2v) is 9.30. The van der Waals surface area contributed by atoms with E-state index in [0.717, 1.165) is 6.07 Å². The van der Waals surface area contributed by atoms with E-state index in [1.165, 1.54) is 40.1 Å². The summed E-state index contributed by atoms with van der Waals surface area (Å²) in [6.45, 7) is 2.44. The van der Waals surface area contributed by atoms with Gasteiger partial charge in [0, 0.05) is 26.2 Å². The second kappa shape index (κ2) is 10.3. The molecule has 34 heavy (non-hydrogen) atoms. The third-order valence-electron chi connectivity index (χ3n) is 5.23. The molecule has 8 nitrogen and oxygen atoms in total. The summed E-state index contributed by atoms with van der Waals surface area (Å²) < 4.78 is 72.3. The highest BCUT2D eigenvalue weighted by Gasteiger charge is 2.39. The van der Waals surface area contributed by atoms with Crippen molar-refractivity contribution in [3.63, 3.8) is 0 Å². The highest BCUT2D eigenvalue weighted by atomic mass is 32.2. The van der Waals surface area contributed by atoms with Gasteiger partial charge in [0.25, 0.3) is 0 Å². The fraction of sp³-hybridized carbons (Fsp3) is 0.364. The van der Waals surface area contributed by atoms with Crippen molar-refractivity contribution in [2.75, 3.05) is 44.6 Å². The smallest absolute Gasteiger partial charge is 0.417 e. The van der Waals surface area contributed by atoms with Crippen molar-refractivity contribution < 1.29 is 35.9 Å². The van der Waals surface area contributed by atoms with Crippen molar-refractivity contribution in [3.8, 4) is 0 Å². The molecule has 0 saturated carbocycles. The number of carbonyl (C=O) groups excluding carboxylic acids is 2. The van der Waals surface area contributed by atoms with Gasteiger partial charge in [-0.25, -0.2) is 13.2 Å². The number of alkyl halides is 3. The normalized spacial score (nSPS) is 14.6. The van der Waals surface area contributed by atoms with Crippen LogP contribution in [0.15, 0.2) is 58.3 Å². The van der Waals surface area contributed by atoms with Crippen molar-refractivity contribution >= 4 is 27.5 Å². The molecule has 0 aliphatic carbocycles. The van der Waals surface area contributed by atoms with Crippen LogP contribution in [0.1, 0.15) is 12.5 Å². The van der Waals surface area contributed by atoms with E-state index in [1.54, 1.807) is 13.0 Å². The number of halogens is 3. The number of hydrogen-bond donors (Lipinski definition) is 1. The predicted octanol–water partition coefficient (Wildman–Crippen LogP) is 3.25. The maximum absolute atomic E-state index is 13.7. The first-order valence-electron chi connectivity index (χ1n) is 10.5. The highest BCUT2D eigenvalue weighted by Crippen LogP contribution is 2.40. The van der Waals surface area contributed by atoms with Gasteiger partial charge in [0.2, 0.25) is 15.7 Å². The Balaban J connectivity index is 1.81. The number of nitrogens with one attached hydrogen (secondary N) is 1. The van der Waals surface area contributed by atoms with E-state index in [-0.39, 0.29) is 43.4 Å². The molecule has 1 aliphatic rings. The molecule has 0 unspecified atom stereocenters. The van der Waals surface area contributed by atoms with Gasteiger partial charge in [-0.05, 0) is 31.2 Å². The number of piperazine rings is 1. The van der Waals surface area contributed by atoms with Gasteiger partial charge >= 0.3 is 12.3 Å². The van der Waals surface area contributed by atoms with E-state index in [1.807, 2.05) is 0 Å². The van der Waals surface area contributed by atoms with E-state index in [2.05, 4.69) is 5.32 Å². The van der Waals surface area contributed by atoms with Crippen LogP contribution >= 0.6 is 0 Å². The maximum Gasteiger partial charge on any atom is 0.417 e. The van der Waals surface area contributed by atoms with Crippen molar-refractivity contribution in [2.45, 2.75) is 22.9 Å². The Morgan fingerprint density at radius 1 is 0.971 bits per heavy atom. The topological polar surface area (TPSA) is 96.0 Å². The van der Waals surface area contributed by atoms with E-state index in [9.17, 15) is 31.2 Å². The number of sulfone groups is 1. The lowest BCUT2D eigenvalue weighted by atomic mass is 10.2. The molecule has 1 aliphatic heterocycles. The van der Waals surface area contributed by atoms with Crippen LogP contribution in [-0.4, -0.2) is 69.5 Å². The molecule has 184 valence electrons. The van der Waals surface area contributed by atoms with Crippen LogP contribution in [-0.2, 0) is 25.5 Å². The average Bonchev–Trinajstić information content (AvgIpc) is 2.82. The minimum absolute atomic E-state index is 0.219. The molecule has 1 N–H and O–H groups in total. The molecule has 0 radical (unpaired) electrons. The lowest BCUT2D eigenvalue weighted by molar-refractivity contribution is -0.139. The van der Waals surface area contributed by atoms with Gasteiger partial charge in [0.1, 0.15) is 4.90 Å². The first-order chi connectivity index (χ1) is 16.1. The third-order valence-corrected chi connectivity index (χ3v) is 7.10. The first-order valence-corrected chi connectivity index (χ1v) is 12.0. The van der Waals surface area contributed by atoms with E-state index in [4.69, 9.17) is 4.74 Å². The molecular weight excluding hydrogens is 475 g/mol. The Morgan fingerprint density at radius 2 is 1.59 bits per heavy atom. The van der Waals surface area contributed by atoms with Crippen LogP contribution in [0.25, 0.3) is 0 Å². The number of benzene rings is 2. The van der Waals surface area contributed by atoms with Crippen LogP contribution in [0, 0.1) is 0 Å². The quantitative estimate of drug-likeness (QED) is 0.656. The molecule has 1 saturated heterocycles. The van der Waals surface area contributed by atoms with E-state index in [0.29, 0.717) is 6.07 Å². The number of ether oxygens (including phenoxy) is 1. The van der Waals surface area contributed by atoms with Crippen LogP contribution in [0.5, 0.6) is 0 Å². The fourth-order valence-corrected chi connectivity index (χ4v) is 5.20. The molecule has 0 bridgehead atoms. The van der Waals surface area contributed by atoms with Crippen LogP contribution in [0.3, 0.4) is 0 Å². The Kier molecular flexibility index (Phi) is 7.70. The summed E-state index contributed by atoms with van der Waals surface area (Å²) in [7, 11) is -4.54. The molecule has 0 atom stereocenters. The van der Waals surface area contributed by atoms with Gasteiger partial charge in [-0.1, -0.05) is 24.3 Å². The Bertz CT molecular complexity index is 1130. The van der Waals surface area contributed by atoms with Crippen molar-refractivity contribution in [1.29, 1.82) is 0 Å². The Morgan fingerprint density at radius 3 is 2.18 bits per heavy atom. The van der Waals surface area contributed by atoms with Crippen molar-refractivity contribution in [3.05, 3.63) is 54.1 Å². The number of hydrogen-bond acceptors (Lipinski definition) is 6. The Labute approximate surface area is 195 Å². The molecule has 0 aromatic heterocycles. The molecule has 1 fully saturated rings. The van der Waals surface area contributed by atoms with Crippen LogP contribution in [0.4, 0.5) is 23.7 Å². The Hall–Kier alpha value is -3.28. The second-order valence-electron chi connectivity index (χ2n) is 7.42. The van der Waals surface area contributed by atoms with Crippen molar-refractivity contribution in [1.82, 2.24) is 9.80 Å². The summed E-state index contributed by atoms with van der Waals surface area (Å²) in [6.07, 6.45) is -5.41. The maximum atomic E-state index is 13.7. The number of amides is 2. The van der Waals surface area contributed by atoms with Gasteiger partial charge in [-0.15, -0.1) is 0 Å². The highest BCUT2D eigenvalue weighted by molar-refractivity contribution is 7.91. The SMILES string of the molecule is CCOC(=O)N1CCN(C(=O)CNc2cccc(C(F)(F)F)c2S(=O)(=O)c2ccccc2)CC1. The monoisotopic (exact) mass is 499 g/mol. The minimum Gasteiger partial charge on any atom is -0.450 e. The molecule has 0 spiro atoms. The molecule has 2 amide bonds. The average molecular weight is 500 g/mol. The lowest BCUT2D eigenvalue weighted by Crippen LogP contribution is -2.51. The minimum atomic E-state index is -4.93. The van der Waals surface area contributed by atoms with Gasteiger partial charge in [0.05, 0.1) is 29.3 Å². The first kappa shape index (κ1) is 25.3. The standard InChI is InChI=1S/C22H24F3N3O5S/c1-2-33-21(30)28-13-11-27(12-14-28)19(29)15-26-18-10-6-9-17(22(23,24)25)20(18)34(31,32)16-7-4-3-5-8-16/h3-10,26H,2,11-15H2,1H3. The molecule has 1 heterocycles. The molecule has 12 heteroatoms. The van der Waals surface area contributed by atoms with Gasteiger partial charge in [-0.3, -0.25) is 4.79 Å². The number of carbonyl (C=O) groups is 2. The van der Waals surface area contributed by atoms with E-state index < -0.39 is 45.0 Å². The molecule has 3 rings (SSSR count). The summed E-state index contributed by atoms with van der Waals surface area (Å²) in [4.78, 5) is 26.1. The lowest BCUT2D eigenvalue weighted by Gasteiger charge is -2.34. The zero-order valence-corrected chi connectivity index (χ0v) is 19.2. The summed E-state index contributed by atoms with van der Waals surface area (Å²) >= 11 is 0. The molecule has 2 aromatic rings. The van der Waals surface area contributed by atoms with Crippen LogP contribution in [0.2, 0.25) is 0 Å². The van der Waals surface area contributed by atoms with Gasteiger partial charge in [-0.2, -0.15) is 13.2 Å². The predicted molar refractivity (Wildman–Crippen MR) is 117 cm³/mol. The van der Waals surface area contributed by atoms with Crippen LogP contribution < -0.4 is 5.32 Å². The zero-order valence-electron chi connectivity index (χ0n) is 18.3. The number of rotatable bonds is 6. The third kappa shape index (κ3) is 5.61. The molecule has 2 aromatic carbocycles. The summed E-state index contributed by atoms with van der Waals surface area (Å²) in [5, 5.41) is 2.58. The molecular formula is C22H24F3N3O5S. The fourth-order valence-electron chi connectivity index (χ4n) is 3.54. The summed E-state index contributed by atoms with van der Waals surface area (Å²) in [5.41, 5.74) is -1.64. The number of nitrogens with zero attached hydrogens (tertiary/aromatic N) is 2. The summed E-state index contributed by atoms with van der Waals surface area (Å²) in [6, 6.07) is 9.76. The summed E-state index contributed by atoms with van der Waals surface area (Å²) in [5.74, 6) is -0.441. The van der Waals surface area contributed by atoms with E-state index >= 15 is 0 Å². The zero-order chi connectivity index (χ0) is 24.9. The van der Waals surface area contributed by atoms with Gasteiger partial charge < -0.3 is 19.9 Å².